The van der Waals surface area contributed by atoms with Crippen LogP contribution in [0.2, 0.25) is 0 Å². The summed E-state index contributed by atoms with van der Waals surface area (Å²) in [5, 5.41) is 9.04. The van der Waals surface area contributed by atoms with E-state index in [-0.39, 0.29) is 0 Å². The third kappa shape index (κ3) is 3.02. The van der Waals surface area contributed by atoms with Gasteiger partial charge in [0.25, 0.3) is 0 Å². The van der Waals surface area contributed by atoms with Crippen LogP contribution in [0.15, 0.2) is 22.7 Å². The second-order valence-corrected chi connectivity index (χ2v) is 4.85. The van der Waals surface area contributed by atoms with E-state index in [1.807, 2.05) is 13.0 Å². The maximum absolute atomic E-state index is 11.7. The molecule has 0 aliphatic rings. The lowest BCUT2D eigenvalue weighted by Gasteiger charge is -2.27. The van der Waals surface area contributed by atoms with Crippen molar-refractivity contribution in [2.24, 2.45) is 0 Å². The van der Waals surface area contributed by atoms with Crippen LogP contribution in [0.5, 0.6) is 5.75 Å². The average molecular weight is 312 g/mol. The Hall–Kier alpha value is -1.54. The van der Waals surface area contributed by atoms with Crippen molar-refractivity contribution in [1.29, 1.82) is 5.26 Å². The van der Waals surface area contributed by atoms with E-state index >= 15 is 0 Å². The summed E-state index contributed by atoms with van der Waals surface area (Å²) >= 11 is 3.28. The molecule has 0 spiro atoms. The number of carbonyl (C=O) groups excluding carboxylic acids is 1. The predicted octanol–water partition coefficient (Wildman–Crippen LogP) is 3.04. The number of esters is 1. The van der Waals surface area contributed by atoms with Gasteiger partial charge in [0.2, 0.25) is 5.60 Å². The first kappa shape index (κ1) is 14.5. The highest BCUT2D eigenvalue weighted by atomic mass is 79.9. The molecular formula is C13H14BrNO3. The van der Waals surface area contributed by atoms with Gasteiger partial charge in [-0.1, -0.05) is 22.9 Å². The van der Waals surface area contributed by atoms with E-state index in [9.17, 15) is 4.79 Å². The smallest absolute Gasteiger partial charge is 0.349 e. The minimum atomic E-state index is -1.09. The third-order valence-electron chi connectivity index (χ3n) is 2.69. The molecule has 96 valence electrons. The first-order valence-corrected chi connectivity index (χ1v) is 6.23. The lowest BCUT2D eigenvalue weighted by molar-refractivity contribution is -0.157. The van der Waals surface area contributed by atoms with Gasteiger partial charge >= 0.3 is 5.97 Å². The van der Waals surface area contributed by atoms with Crippen molar-refractivity contribution in [3.63, 3.8) is 0 Å². The Labute approximate surface area is 115 Å². The summed E-state index contributed by atoms with van der Waals surface area (Å²) in [7, 11) is 1.31. The first-order valence-electron chi connectivity index (χ1n) is 5.44. The molecule has 18 heavy (non-hydrogen) atoms. The Morgan fingerprint density at radius 2 is 2.22 bits per heavy atom. The van der Waals surface area contributed by atoms with Crippen LogP contribution in [0.1, 0.15) is 25.8 Å². The highest BCUT2D eigenvalue weighted by Gasteiger charge is 2.35. The Kier molecular flexibility index (Phi) is 4.74. The van der Waals surface area contributed by atoms with Crippen molar-refractivity contribution < 1.29 is 14.3 Å². The van der Waals surface area contributed by atoms with Gasteiger partial charge in [-0.3, -0.25) is 0 Å². The molecule has 0 fully saturated rings. The number of rotatable bonds is 4. The van der Waals surface area contributed by atoms with Crippen molar-refractivity contribution in [2.45, 2.75) is 25.9 Å². The first-order chi connectivity index (χ1) is 8.46. The number of nitrogens with zero attached hydrogens (tertiary/aromatic N) is 1. The number of carbonyl (C=O) groups is 1. The van der Waals surface area contributed by atoms with Crippen molar-refractivity contribution in [1.82, 2.24) is 0 Å². The van der Waals surface area contributed by atoms with Gasteiger partial charge in [0.05, 0.1) is 12.7 Å². The van der Waals surface area contributed by atoms with Gasteiger partial charge in [-0.05, 0) is 31.5 Å². The summed E-state index contributed by atoms with van der Waals surface area (Å²) < 4.78 is 11.2. The zero-order valence-electron chi connectivity index (χ0n) is 10.5. The summed E-state index contributed by atoms with van der Waals surface area (Å²) in [6.45, 7) is 3.46. The van der Waals surface area contributed by atoms with E-state index in [0.717, 1.165) is 4.47 Å². The zero-order valence-corrected chi connectivity index (χ0v) is 12.1. The number of nitriles is 1. The lowest BCUT2D eigenvalue weighted by Crippen LogP contribution is -2.42. The topological polar surface area (TPSA) is 59.3 Å². The molecule has 0 saturated carbocycles. The summed E-state index contributed by atoms with van der Waals surface area (Å²) in [4.78, 5) is 11.7. The fraction of sp³-hybridized carbons (Fsp3) is 0.385. The van der Waals surface area contributed by atoms with Crippen LogP contribution in [0, 0.1) is 11.3 Å². The van der Waals surface area contributed by atoms with Crippen molar-refractivity contribution >= 4 is 21.9 Å². The van der Waals surface area contributed by atoms with Gasteiger partial charge in [0, 0.05) is 4.47 Å². The molecular weight excluding hydrogens is 298 g/mol. The summed E-state index contributed by atoms with van der Waals surface area (Å²) in [6, 6.07) is 7.08. The standard InChI is InChI=1S/C13H14BrNO3/c1-4-13(2,12(16)17-3)18-11-6-5-10(14)7-9(11)8-15/h5-7H,4H2,1-3H3. The molecule has 1 atom stereocenters. The van der Waals surface area contributed by atoms with Crippen LogP contribution in [-0.2, 0) is 9.53 Å². The normalized spacial score (nSPS) is 13.3. The number of hydrogen-bond acceptors (Lipinski definition) is 4. The predicted molar refractivity (Wildman–Crippen MR) is 70.2 cm³/mol. The largest absolute Gasteiger partial charge is 0.474 e. The number of benzene rings is 1. The fourth-order valence-electron chi connectivity index (χ4n) is 1.40. The van der Waals surface area contributed by atoms with Gasteiger partial charge in [-0.15, -0.1) is 0 Å². The van der Waals surface area contributed by atoms with E-state index < -0.39 is 11.6 Å². The van der Waals surface area contributed by atoms with Crippen LogP contribution in [0.4, 0.5) is 0 Å². The maximum atomic E-state index is 11.7. The Balaban J connectivity index is 3.10. The van der Waals surface area contributed by atoms with Gasteiger partial charge in [0.15, 0.2) is 0 Å². The average Bonchev–Trinajstić information content (AvgIpc) is 2.39. The van der Waals surface area contributed by atoms with E-state index in [4.69, 9.17) is 14.7 Å². The molecule has 1 unspecified atom stereocenters. The SMILES string of the molecule is CCC(C)(Oc1ccc(Br)cc1C#N)C(=O)OC. The fourth-order valence-corrected chi connectivity index (χ4v) is 1.76. The minimum Gasteiger partial charge on any atom is -0.474 e. The van der Waals surface area contributed by atoms with E-state index in [1.54, 1.807) is 25.1 Å². The quantitative estimate of drug-likeness (QED) is 0.802. The molecule has 1 aromatic carbocycles. The molecule has 1 aromatic rings. The van der Waals surface area contributed by atoms with Crippen LogP contribution < -0.4 is 4.74 Å². The molecule has 0 radical (unpaired) electrons. The van der Waals surface area contributed by atoms with Gasteiger partial charge in [0.1, 0.15) is 11.8 Å². The molecule has 0 bridgehead atoms. The monoisotopic (exact) mass is 311 g/mol. The molecule has 4 nitrogen and oxygen atoms in total. The lowest BCUT2D eigenvalue weighted by atomic mass is 10.0. The molecule has 0 aliphatic carbocycles. The number of ether oxygens (including phenoxy) is 2. The van der Waals surface area contributed by atoms with Crippen molar-refractivity contribution in [3.05, 3.63) is 28.2 Å². The van der Waals surface area contributed by atoms with E-state index in [2.05, 4.69) is 15.9 Å². The van der Waals surface area contributed by atoms with Crippen LogP contribution >= 0.6 is 15.9 Å². The van der Waals surface area contributed by atoms with Gasteiger partial charge < -0.3 is 9.47 Å². The number of hydrogen-bond donors (Lipinski definition) is 0. The Morgan fingerprint density at radius 1 is 1.56 bits per heavy atom. The molecule has 5 heteroatoms. The van der Waals surface area contributed by atoms with Crippen LogP contribution in [-0.4, -0.2) is 18.7 Å². The molecule has 0 aromatic heterocycles. The molecule has 1 rings (SSSR count). The summed E-state index contributed by atoms with van der Waals surface area (Å²) in [5.41, 5.74) is -0.721. The van der Waals surface area contributed by atoms with E-state index in [1.165, 1.54) is 7.11 Å². The second-order valence-electron chi connectivity index (χ2n) is 3.93. The third-order valence-corrected chi connectivity index (χ3v) is 3.18. The Morgan fingerprint density at radius 3 is 2.72 bits per heavy atom. The maximum Gasteiger partial charge on any atom is 0.349 e. The highest BCUT2D eigenvalue weighted by molar-refractivity contribution is 9.10. The molecule has 0 N–H and O–H groups in total. The second kappa shape index (κ2) is 5.87. The summed E-state index contributed by atoms with van der Waals surface area (Å²) in [6.07, 6.45) is 0.445. The molecule has 0 amide bonds. The Bertz CT molecular complexity index is 495. The van der Waals surface area contributed by atoms with Crippen molar-refractivity contribution in [2.75, 3.05) is 7.11 Å². The van der Waals surface area contributed by atoms with Gasteiger partial charge in [-0.2, -0.15) is 5.26 Å². The minimum absolute atomic E-state index is 0.368. The number of halogens is 1. The van der Waals surface area contributed by atoms with E-state index in [0.29, 0.717) is 17.7 Å². The zero-order chi connectivity index (χ0) is 13.8. The van der Waals surface area contributed by atoms with Crippen LogP contribution in [0.25, 0.3) is 0 Å². The molecule has 0 aliphatic heterocycles. The highest BCUT2D eigenvalue weighted by Crippen LogP contribution is 2.28. The molecule has 0 heterocycles. The van der Waals surface area contributed by atoms with Gasteiger partial charge in [-0.25, -0.2) is 4.79 Å². The number of methoxy groups -OCH3 is 1. The van der Waals surface area contributed by atoms with Crippen molar-refractivity contribution in [3.8, 4) is 11.8 Å². The molecule has 0 saturated heterocycles. The van der Waals surface area contributed by atoms with Crippen LogP contribution in [0.3, 0.4) is 0 Å². The summed E-state index contributed by atoms with van der Waals surface area (Å²) in [5.74, 6) is -0.0905.